The molecule has 4 heteroatoms. The Hall–Kier alpha value is -0.960. The van der Waals surface area contributed by atoms with Gasteiger partial charge in [-0.1, -0.05) is 43.5 Å². The molecule has 116 valence electrons. The summed E-state index contributed by atoms with van der Waals surface area (Å²) < 4.78 is 5.85. The molecule has 0 saturated heterocycles. The van der Waals surface area contributed by atoms with Crippen LogP contribution in [0.25, 0.3) is 11.3 Å². The molecule has 0 saturated carbocycles. The van der Waals surface area contributed by atoms with Gasteiger partial charge < -0.3 is 9.73 Å². The maximum atomic E-state index is 6.15. The first-order chi connectivity index (χ1) is 9.70. The molecule has 0 fully saturated rings. The lowest BCUT2D eigenvalue weighted by Crippen LogP contribution is -2.13. The largest absolute Gasteiger partial charge is 0.460 e. The lowest BCUT2D eigenvalue weighted by atomic mass is 10.1. The molecular weight excluding hydrogens is 305 g/mol. The summed E-state index contributed by atoms with van der Waals surface area (Å²) in [6.07, 6.45) is 3.75. The van der Waals surface area contributed by atoms with Gasteiger partial charge in [0, 0.05) is 10.6 Å². The van der Waals surface area contributed by atoms with Gasteiger partial charge in [-0.2, -0.15) is 0 Å². The van der Waals surface area contributed by atoms with Crippen LogP contribution in [0.1, 0.15) is 37.5 Å². The van der Waals surface area contributed by atoms with Crippen LogP contribution in [-0.4, -0.2) is 6.54 Å². The fourth-order valence-electron chi connectivity index (χ4n) is 2.09. The fraction of sp³-hybridized carbons (Fsp3) is 0.412. The molecule has 0 spiro atoms. The second-order valence-corrected chi connectivity index (χ2v) is 5.52. The molecular formula is C17H23Cl2NO. The third-order valence-corrected chi connectivity index (χ3v) is 3.78. The van der Waals surface area contributed by atoms with E-state index in [9.17, 15) is 0 Å². The van der Waals surface area contributed by atoms with E-state index in [0.717, 1.165) is 40.8 Å². The average molecular weight is 328 g/mol. The van der Waals surface area contributed by atoms with Crippen LogP contribution in [0.3, 0.4) is 0 Å². The first-order valence-electron chi connectivity index (χ1n) is 7.26. The van der Waals surface area contributed by atoms with Gasteiger partial charge in [0.2, 0.25) is 0 Å². The van der Waals surface area contributed by atoms with E-state index in [0.29, 0.717) is 0 Å². The summed E-state index contributed by atoms with van der Waals surface area (Å²) in [4.78, 5) is 0. The summed E-state index contributed by atoms with van der Waals surface area (Å²) in [5.74, 6) is 1.84. The molecule has 2 aromatic rings. The summed E-state index contributed by atoms with van der Waals surface area (Å²) >= 11 is 6.15. The first-order valence-corrected chi connectivity index (χ1v) is 7.64. The van der Waals surface area contributed by atoms with Crippen molar-refractivity contribution >= 4 is 24.0 Å². The van der Waals surface area contributed by atoms with E-state index in [1.807, 2.05) is 37.3 Å². The predicted octanol–water partition coefficient (Wildman–Crippen LogP) is 5.61. The molecule has 1 heterocycles. The zero-order valence-corrected chi connectivity index (χ0v) is 14.2. The van der Waals surface area contributed by atoms with Crippen LogP contribution in [-0.2, 0) is 6.54 Å². The van der Waals surface area contributed by atoms with Gasteiger partial charge in [-0.3, -0.25) is 0 Å². The molecule has 0 aliphatic rings. The smallest absolute Gasteiger partial charge is 0.134 e. The van der Waals surface area contributed by atoms with Gasteiger partial charge in [0.05, 0.1) is 6.54 Å². The van der Waals surface area contributed by atoms with E-state index < -0.39 is 0 Å². The quantitative estimate of drug-likeness (QED) is 0.668. The molecule has 0 unspecified atom stereocenters. The topological polar surface area (TPSA) is 25.2 Å². The molecule has 21 heavy (non-hydrogen) atoms. The highest BCUT2D eigenvalue weighted by molar-refractivity contribution is 6.31. The zero-order chi connectivity index (χ0) is 14.4. The minimum atomic E-state index is 0. The number of nitrogens with one attached hydrogen (secondary N) is 1. The van der Waals surface area contributed by atoms with Gasteiger partial charge in [-0.05, 0) is 43.7 Å². The normalized spacial score (nSPS) is 10.4. The minimum Gasteiger partial charge on any atom is -0.460 e. The van der Waals surface area contributed by atoms with Crippen LogP contribution in [0.4, 0.5) is 0 Å². The summed E-state index contributed by atoms with van der Waals surface area (Å²) in [6.45, 7) is 6.04. The second kappa shape index (κ2) is 9.14. The van der Waals surface area contributed by atoms with Gasteiger partial charge in [-0.25, -0.2) is 0 Å². The van der Waals surface area contributed by atoms with Crippen molar-refractivity contribution < 1.29 is 4.42 Å². The third kappa shape index (κ3) is 5.39. The molecule has 2 rings (SSSR count). The molecule has 0 atom stereocenters. The Balaban J connectivity index is 0.00000220. The Morgan fingerprint density at radius 3 is 2.67 bits per heavy atom. The van der Waals surface area contributed by atoms with Crippen molar-refractivity contribution in [3.05, 3.63) is 46.7 Å². The van der Waals surface area contributed by atoms with Crippen LogP contribution in [0, 0.1) is 6.92 Å². The highest BCUT2D eigenvalue weighted by atomic mass is 35.5. The van der Waals surface area contributed by atoms with Gasteiger partial charge in [0.25, 0.3) is 0 Å². The van der Waals surface area contributed by atoms with Crippen LogP contribution in [0.5, 0.6) is 0 Å². The molecule has 1 N–H and O–H groups in total. The van der Waals surface area contributed by atoms with Crippen molar-refractivity contribution in [2.45, 2.75) is 39.7 Å². The monoisotopic (exact) mass is 327 g/mol. The Bertz CT molecular complexity index is 551. The van der Waals surface area contributed by atoms with E-state index in [1.165, 1.54) is 19.3 Å². The lowest BCUT2D eigenvalue weighted by molar-refractivity contribution is 0.488. The standard InChI is InChI=1S/C17H22ClNO.ClH/c1-3-4-5-10-19-12-15-8-9-17(20-15)14-7-6-13(2)16(18)11-14;/h6-9,11,19H,3-5,10,12H2,1-2H3;1H. The Morgan fingerprint density at radius 2 is 1.95 bits per heavy atom. The maximum absolute atomic E-state index is 6.15. The predicted molar refractivity (Wildman–Crippen MR) is 92.4 cm³/mol. The van der Waals surface area contributed by atoms with Crippen LogP contribution >= 0.6 is 24.0 Å². The maximum Gasteiger partial charge on any atom is 0.134 e. The van der Waals surface area contributed by atoms with Crippen molar-refractivity contribution in [2.75, 3.05) is 6.54 Å². The number of aryl methyl sites for hydroxylation is 1. The summed E-state index contributed by atoms with van der Waals surface area (Å²) in [7, 11) is 0. The van der Waals surface area contributed by atoms with Crippen LogP contribution in [0.2, 0.25) is 5.02 Å². The SMILES string of the molecule is CCCCCNCc1ccc(-c2ccc(C)c(Cl)c2)o1.Cl. The highest BCUT2D eigenvalue weighted by Gasteiger charge is 2.06. The Kier molecular flexibility index (Phi) is 7.87. The average Bonchev–Trinajstić information content (AvgIpc) is 2.90. The van der Waals surface area contributed by atoms with Gasteiger partial charge in [-0.15, -0.1) is 12.4 Å². The van der Waals surface area contributed by atoms with Crippen molar-refractivity contribution in [2.24, 2.45) is 0 Å². The van der Waals surface area contributed by atoms with E-state index in [-0.39, 0.29) is 12.4 Å². The molecule has 0 bridgehead atoms. The van der Waals surface area contributed by atoms with Crippen LogP contribution in [0.15, 0.2) is 34.7 Å². The zero-order valence-electron chi connectivity index (χ0n) is 12.6. The number of hydrogen-bond donors (Lipinski definition) is 1. The van der Waals surface area contributed by atoms with E-state index in [2.05, 4.69) is 12.2 Å². The van der Waals surface area contributed by atoms with Gasteiger partial charge >= 0.3 is 0 Å². The molecule has 1 aromatic carbocycles. The van der Waals surface area contributed by atoms with E-state index >= 15 is 0 Å². The van der Waals surface area contributed by atoms with Crippen molar-refractivity contribution in [1.82, 2.24) is 5.32 Å². The molecule has 2 nitrogen and oxygen atoms in total. The Morgan fingerprint density at radius 1 is 1.14 bits per heavy atom. The molecule has 0 aliphatic carbocycles. The fourth-order valence-corrected chi connectivity index (χ4v) is 2.27. The molecule has 0 aliphatic heterocycles. The summed E-state index contributed by atoms with van der Waals surface area (Å²) in [5.41, 5.74) is 2.11. The number of benzene rings is 1. The molecule has 0 radical (unpaired) electrons. The second-order valence-electron chi connectivity index (χ2n) is 5.11. The first kappa shape index (κ1) is 18.1. The Labute approximate surface area is 138 Å². The van der Waals surface area contributed by atoms with Crippen molar-refractivity contribution in [1.29, 1.82) is 0 Å². The van der Waals surface area contributed by atoms with Gasteiger partial charge in [0.15, 0.2) is 0 Å². The summed E-state index contributed by atoms with van der Waals surface area (Å²) in [6, 6.07) is 10.0. The molecule has 0 amide bonds. The number of halogens is 2. The number of hydrogen-bond acceptors (Lipinski definition) is 2. The van der Waals surface area contributed by atoms with E-state index in [1.54, 1.807) is 0 Å². The number of rotatable bonds is 7. The third-order valence-electron chi connectivity index (χ3n) is 3.37. The minimum absolute atomic E-state index is 0. The summed E-state index contributed by atoms with van der Waals surface area (Å²) in [5, 5.41) is 4.18. The van der Waals surface area contributed by atoms with Gasteiger partial charge in [0.1, 0.15) is 11.5 Å². The number of furan rings is 1. The highest BCUT2D eigenvalue weighted by Crippen LogP contribution is 2.26. The lowest BCUT2D eigenvalue weighted by Gasteiger charge is -2.03. The number of unbranched alkanes of at least 4 members (excludes halogenated alkanes) is 2. The van der Waals surface area contributed by atoms with Crippen LogP contribution < -0.4 is 5.32 Å². The van der Waals surface area contributed by atoms with Crippen molar-refractivity contribution in [3.63, 3.8) is 0 Å². The van der Waals surface area contributed by atoms with Crippen molar-refractivity contribution in [3.8, 4) is 11.3 Å². The van der Waals surface area contributed by atoms with E-state index in [4.69, 9.17) is 16.0 Å². The molecule has 1 aromatic heterocycles.